The number of nitro benzene ring substituents is 1. The molecule has 4 N–H and O–H groups in total. The van der Waals surface area contributed by atoms with Crippen LogP contribution in [0.4, 0.5) is 17.2 Å². The van der Waals surface area contributed by atoms with Gasteiger partial charge in [-0.25, -0.2) is 18.1 Å². The number of nitro groups is 1. The molecule has 44 heavy (non-hydrogen) atoms. The maximum atomic E-state index is 13.1. The maximum absolute atomic E-state index is 13.1. The van der Waals surface area contributed by atoms with Crippen LogP contribution in [-0.4, -0.2) is 30.8 Å². The Balaban J connectivity index is 1.06. The molecular weight excluding hydrogens is 578 g/mol. The summed E-state index contributed by atoms with van der Waals surface area (Å²) in [4.78, 5) is 28.4. The Kier molecular flexibility index (Phi) is 7.00. The highest BCUT2D eigenvalue weighted by Gasteiger charge is 2.48. The lowest BCUT2D eigenvalue weighted by atomic mass is 9.52. The Bertz CT molecular complexity index is 1860. The second kappa shape index (κ2) is 10.9. The van der Waals surface area contributed by atoms with Crippen molar-refractivity contribution in [3.8, 4) is 11.1 Å². The summed E-state index contributed by atoms with van der Waals surface area (Å²) in [5, 5.41) is 16.1. The first kappa shape index (κ1) is 28.3. The van der Waals surface area contributed by atoms with E-state index in [0.29, 0.717) is 35.6 Å². The van der Waals surface area contributed by atoms with Crippen LogP contribution in [0.3, 0.4) is 0 Å². The third kappa shape index (κ3) is 5.25. The number of nitrogens with two attached hydrogens (primary N) is 1. The maximum Gasteiger partial charge on any atom is 0.293 e. The SMILES string of the molecule is Nc1ccc2cccc(-c3ccc(C(=O)NS(=O)(=O)c4ccc(NCC5C6CC7CC(C6)CC5C7)c([N+](=O)[O-])c4)cc3)c2n1. The number of hydrogen-bond donors (Lipinski definition) is 3. The zero-order valence-electron chi connectivity index (χ0n) is 24.0. The van der Waals surface area contributed by atoms with Crippen molar-refractivity contribution in [1.82, 2.24) is 9.71 Å². The smallest absolute Gasteiger partial charge is 0.293 e. The minimum atomic E-state index is -4.38. The molecule has 4 aliphatic rings. The van der Waals surface area contributed by atoms with E-state index in [-0.39, 0.29) is 21.8 Å². The van der Waals surface area contributed by atoms with Gasteiger partial charge in [0.1, 0.15) is 11.5 Å². The number of fused-ring (bicyclic) bond motifs is 1. The summed E-state index contributed by atoms with van der Waals surface area (Å²) in [6.07, 6.45) is 6.34. The van der Waals surface area contributed by atoms with E-state index in [4.69, 9.17) is 5.73 Å². The molecule has 0 saturated heterocycles. The van der Waals surface area contributed by atoms with Crippen molar-refractivity contribution in [2.45, 2.75) is 37.0 Å². The van der Waals surface area contributed by atoms with Gasteiger partial charge in [-0.3, -0.25) is 14.9 Å². The van der Waals surface area contributed by atoms with Crippen LogP contribution >= 0.6 is 0 Å². The molecule has 4 aliphatic carbocycles. The molecular formula is C33H33N5O5S. The van der Waals surface area contributed by atoms with Gasteiger partial charge in [-0.05, 0) is 104 Å². The quantitative estimate of drug-likeness (QED) is 0.162. The molecule has 0 atom stereocenters. The van der Waals surface area contributed by atoms with Gasteiger partial charge in [0.25, 0.3) is 21.6 Å². The molecule has 1 heterocycles. The largest absolute Gasteiger partial charge is 0.384 e. The van der Waals surface area contributed by atoms with E-state index < -0.39 is 20.9 Å². The molecule has 0 radical (unpaired) electrons. The van der Waals surface area contributed by atoms with E-state index in [1.54, 1.807) is 18.2 Å². The average Bonchev–Trinajstić information content (AvgIpc) is 3.00. The summed E-state index contributed by atoms with van der Waals surface area (Å²) in [7, 11) is -4.38. The van der Waals surface area contributed by atoms with Crippen molar-refractivity contribution < 1.29 is 18.1 Å². The van der Waals surface area contributed by atoms with Crippen LogP contribution in [0.2, 0.25) is 0 Å². The van der Waals surface area contributed by atoms with Crippen LogP contribution in [0.25, 0.3) is 22.0 Å². The van der Waals surface area contributed by atoms with Crippen LogP contribution in [0, 0.1) is 39.7 Å². The van der Waals surface area contributed by atoms with Gasteiger partial charge in [0.15, 0.2) is 0 Å². The summed E-state index contributed by atoms with van der Waals surface area (Å²) in [5.74, 6) is 3.01. The van der Waals surface area contributed by atoms with Gasteiger partial charge < -0.3 is 11.1 Å². The number of carbonyl (C=O) groups is 1. The Morgan fingerprint density at radius 3 is 2.32 bits per heavy atom. The summed E-state index contributed by atoms with van der Waals surface area (Å²) >= 11 is 0. The number of sulfonamides is 1. The van der Waals surface area contributed by atoms with E-state index in [1.807, 2.05) is 24.3 Å². The number of nitrogens with zero attached hydrogens (tertiary/aromatic N) is 2. The van der Waals surface area contributed by atoms with Crippen molar-refractivity contribution in [3.05, 3.63) is 88.5 Å². The number of benzene rings is 3. The first-order valence-electron chi connectivity index (χ1n) is 15.0. The molecule has 1 amide bonds. The second-order valence-corrected chi connectivity index (χ2v) is 14.2. The van der Waals surface area contributed by atoms with E-state index >= 15 is 0 Å². The van der Waals surface area contributed by atoms with Crippen LogP contribution < -0.4 is 15.8 Å². The molecule has 4 bridgehead atoms. The van der Waals surface area contributed by atoms with Crippen LogP contribution in [-0.2, 0) is 10.0 Å². The predicted molar refractivity (Wildman–Crippen MR) is 168 cm³/mol. The fraction of sp³-hybridized carbons (Fsp3) is 0.333. The fourth-order valence-corrected chi connectivity index (χ4v) is 9.01. The van der Waals surface area contributed by atoms with E-state index in [2.05, 4.69) is 15.0 Å². The molecule has 4 saturated carbocycles. The number of amides is 1. The first-order valence-corrected chi connectivity index (χ1v) is 16.5. The van der Waals surface area contributed by atoms with Gasteiger partial charge in [-0.2, -0.15) is 0 Å². The number of pyridine rings is 1. The van der Waals surface area contributed by atoms with Gasteiger partial charge in [0.05, 0.1) is 15.3 Å². The Labute approximate surface area is 255 Å². The van der Waals surface area contributed by atoms with Crippen LogP contribution in [0.15, 0.2) is 77.7 Å². The normalized spacial score (nSPS) is 23.9. The zero-order chi connectivity index (χ0) is 30.6. The second-order valence-electron chi connectivity index (χ2n) is 12.5. The highest BCUT2D eigenvalue weighted by molar-refractivity contribution is 7.90. The molecule has 4 fully saturated rings. The van der Waals surface area contributed by atoms with Crippen molar-refractivity contribution in [2.24, 2.45) is 29.6 Å². The standard InChI is InChI=1S/C33H33N5O5S/c34-31-11-8-22-2-1-3-27(32(22)36-31)21-4-6-23(7-5-21)33(39)37-44(42,43)26-9-10-29(30(17-26)38(40)41)35-18-28-24-13-19-12-20(15-24)16-25(28)14-19/h1-11,17,19-20,24-25,28,35H,12-16,18H2,(H2,34,36)(H,37,39). The lowest BCUT2D eigenvalue weighted by molar-refractivity contribution is -0.384. The highest BCUT2D eigenvalue weighted by atomic mass is 32.2. The minimum absolute atomic E-state index is 0.119. The fourth-order valence-electron chi connectivity index (χ4n) is 8.01. The lowest BCUT2D eigenvalue weighted by Crippen LogP contribution is -2.47. The third-order valence-corrected chi connectivity index (χ3v) is 11.2. The number of para-hydroxylation sites is 1. The number of rotatable bonds is 8. The van der Waals surface area contributed by atoms with Gasteiger partial charge in [0.2, 0.25) is 0 Å². The average molecular weight is 612 g/mol. The first-order chi connectivity index (χ1) is 21.1. The molecule has 8 rings (SSSR count). The number of hydrogen-bond acceptors (Lipinski definition) is 8. The predicted octanol–water partition coefficient (Wildman–Crippen LogP) is 6.00. The summed E-state index contributed by atoms with van der Waals surface area (Å²) in [5.41, 5.74) is 8.26. The van der Waals surface area contributed by atoms with Gasteiger partial charge in [-0.1, -0.05) is 30.3 Å². The van der Waals surface area contributed by atoms with Crippen LogP contribution in [0.5, 0.6) is 0 Å². The van der Waals surface area contributed by atoms with Crippen LogP contribution in [0.1, 0.15) is 42.5 Å². The Morgan fingerprint density at radius 1 is 0.932 bits per heavy atom. The monoisotopic (exact) mass is 611 g/mol. The van der Waals surface area contributed by atoms with Crippen molar-refractivity contribution >= 4 is 44.0 Å². The number of aromatic nitrogens is 1. The number of nitrogen functional groups attached to an aromatic ring is 1. The number of carbonyl (C=O) groups excluding carboxylic acids is 1. The highest BCUT2D eigenvalue weighted by Crippen LogP contribution is 2.56. The number of anilines is 2. The van der Waals surface area contributed by atoms with E-state index in [1.165, 1.54) is 56.4 Å². The van der Waals surface area contributed by atoms with E-state index in [0.717, 1.165) is 34.4 Å². The summed E-state index contributed by atoms with van der Waals surface area (Å²) in [6, 6.07) is 19.5. The molecule has 0 unspecified atom stereocenters. The molecule has 4 aromatic rings. The molecule has 1 aromatic heterocycles. The molecule has 10 nitrogen and oxygen atoms in total. The molecule has 0 spiro atoms. The van der Waals surface area contributed by atoms with Crippen molar-refractivity contribution in [1.29, 1.82) is 0 Å². The zero-order valence-corrected chi connectivity index (χ0v) is 24.8. The Hall–Kier alpha value is -4.51. The lowest BCUT2D eigenvalue weighted by Gasteiger charge is -2.54. The Morgan fingerprint density at radius 2 is 1.64 bits per heavy atom. The third-order valence-electron chi connectivity index (χ3n) is 9.85. The molecule has 3 aromatic carbocycles. The van der Waals surface area contributed by atoms with E-state index in [9.17, 15) is 23.3 Å². The van der Waals surface area contributed by atoms with Gasteiger partial charge in [-0.15, -0.1) is 0 Å². The minimum Gasteiger partial charge on any atom is -0.384 e. The summed E-state index contributed by atoms with van der Waals surface area (Å²) < 4.78 is 28.3. The number of nitrogens with one attached hydrogen (secondary N) is 2. The van der Waals surface area contributed by atoms with Crippen molar-refractivity contribution in [2.75, 3.05) is 17.6 Å². The molecule has 0 aliphatic heterocycles. The topological polar surface area (TPSA) is 157 Å². The van der Waals surface area contributed by atoms with Gasteiger partial charge >= 0.3 is 0 Å². The molecule has 226 valence electrons. The molecule has 11 heteroatoms. The van der Waals surface area contributed by atoms with Crippen molar-refractivity contribution in [3.63, 3.8) is 0 Å². The van der Waals surface area contributed by atoms with Gasteiger partial charge in [0, 0.05) is 29.1 Å². The summed E-state index contributed by atoms with van der Waals surface area (Å²) in [6.45, 7) is 0.636.